The number of likely N-dealkylation sites (tertiary alicyclic amines) is 1. The normalized spacial score (nSPS) is 19.5. The van der Waals surface area contributed by atoms with Gasteiger partial charge in [0.2, 0.25) is 5.88 Å². The van der Waals surface area contributed by atoms with E-state index in [1.54, 1.807) is 14.2 Å². The van der Waals surface area contributed by atoms with Crippen LogP contribution in [0.2, 0.25) is 0 Å². The molecule has 0 radical (unpaired) electrons. The van der Waals surface area contributed by atoms with Gasteiger partial charge in [-0.15, -0.1) is 11.3 Å². The highest BCUT2D eigenvalue weighted by molar-refractivity contribution is 7.20. The summed E-state index contributed by atoms with van der Waals surface area (Å²) in [6, 6.07) is 0. The predicted molar refractivity (Wildman–Crippen MR) is 123 cm³/mol. The number of methoxy groups -OCH3 is 2. The number of rotatable bonds is 7. The highest BCUT2D eigenvalue weighted by Crippen LogP contribution is 2.37. The molecule has 4 rings (SSSR count). The van der Waals surface area contributed by atoms with Crippen LogP contribution in [0.15, 0.2) is 0 Å². The summed E-state index contributed by atoms with van der Waals surface area (Å²) in [5, 5.41) is 4.12. The maximum absolute atomic E-state index is 13.3. The summed E-state index contributed by atoms with van der Waals surface area (Å²) in [6.45, 7) is 5.30. The quantitative estimate of drug-likeness (QED) is 0.691. The van der Waals surface area contributed by atoms with E-state index in [2.05, 4.69) is 20.2 Å². The number of aromatic nitrogens is 2. The molecule has 1 aliphatic carbocycles. The van der Waals surface area contributed by atoms with Crippen LogP contribution < -0.4 is 10.1 Å². The lowest BCUT2D eigenvalue weighted by atomic mass is 9.79. The number of ether oxygens (including phenoxy) is 2. The van der Waals surface area contributed by atoms with Crippen LogP contribution in [0, 0.1) is 6.92 Å². The minimum Gasteiger partial charge on any atom is -0.480 e. The van der Waals surface area contributed by atoms with E-state index in [4.69, 9.17) is 9.47 Å². The molecule has 0 bridgehead atoms. The molecular weight excluding hydrogens is 412 g/mol. The van der Waals surface area contributed by atoms with Crippen LogP contribution in [0.25, 0.3) is 10.2 Å². The summed E-state index contributed by atoms with van der Waals surface area (Å²) >= 11 is 1.41. The molecule has 170 valence electrons. The molecule has 1 N–H and O–H groups in total. The number of piperidine rings is 1. The maximum atomic E-state index is 13.3. The highest BCUT2D eigenvalue weighted by atomic mass is 32.1. The summed E-state index contributed by atoms with van der Waals surface area (Å²) in [7, 11) is 3.21. The van der Waals surface area contributed by atoms with E-state index >= 15 is 0 Å². The van der Waals surface area contributed by atoms with Gasteiger partial charge in [0, 0.05) is 19.2 Å². The number of fused-ring (bicyclic) bond motifs is 1. The largest absolute Gasteiger partial charge is 0.480 e. The van der Waals surface area contributed by atoms with Crippen LogP contribution >= 0.6 is 11.3 Å². The Bertz CT molecular complexity index is 917. The van der Waals surface area contributed by atoms with E-state index in [-0.39, 0.29) is 11.4 Å². The summed E-state index contributed by atoms with van der Waals surface area (Å²) in [6.07, 6.45) is 10.0. The number of amides is 1. The number of aryl methyl sites for hydroxylation is 1. The molecule has 8 heteroatoms. The standard InChI is InChI=1S/C23H34N4O3S/c1-16-18-21(30-3)25-17(14-29-2)26-22(18)31-19(16)20(28)24-15-23(10-6-4-7-11-23)27-12-8-5-9-13-27/h4-15H2,1-3H3,(H,24,28). The smallest absolute Gasteiger partial charge is 0.261 e. The van der Waals surface area contributed by atoms with Crippen LogP contribution in [0.3, 0.4) is 0 Å². The SMILES string of the molecule is COCc1nc(OC)c2c(C)c(C(=O)NCC3(N4CCCCC4)CCCCC3)sc2n1. The Hall–Kier alpha value is -1.77. The fourth-order valence-corrected chi connectivity index (χ4v) is 6.32. The minimum atomic E-state index is -0.0159. The second-order valence-corrected chi connectivity index (χ2v) is 9.83. The Balaban J connectivity index is 1.56. The van der Waals surface area contributed by atoms with Gasteiger partial charge in [-0.05, 0) is 51.3 Å². The number of hydrogen-bond donors (Lipinski definition) is 1. The molecule has 31 heavy (non-hydrogen) atoms. The first kappa shape index (κ1) is 22.4. The third-order valence-corrected chi connectivity index (χ3v) is 8.05. The second-order valence-electron chi connectivity index (χ2n) is 8.83. The van der Waals surface area contributed by atoms with E-state index in [1.807, 2.05) is 6.92 Å². The van der Waals surface area contributed by atoms with Crippen molar-refractivity contribution in [2.24, 2.45) is 0 Å². The van der Waals surface area contributed by atoms with Crippen molar-refractivity contribution >= 4 is 27.5 Å². The fourth-order valence-electron chi connectivity index (χ4n) is 5.21. The molecule has 1 saturated carbocycles. The van der Waals surface area contributed by atoms with Crippen molar-refractivity contribution in [1.29, 1.82) is 0 Å². The molecule has 1 aliphatic heterocycles. The average Bonchev–Trinajstić information content (AvgIpc) is 3.15. The van der Waals surface area contributed by atoms with Crippen molar-refractivity contribution in [2.75, 3.05) is 33.9 Å². The molecule has 0 atom stereocenters. The van der Waals surface area contributed by atoms with Gasteiger partial charge in [-0.2, -0.15) is 4.98 Å². The van der Waals surface area contributed by atoms with Gasteiger partial charge in [0.15, 0.2) is 5.82 Å². The number of hydrogen-bond acceptors (Lipinski definition) is 7. The van der Waals surface area contributed by atoms with Crippen LogP contribution in [0.1, 0.15) is 72.4 Å². The van der Waals surface area contributed by atoms with Gasteiger partial charge in [0.05, 0.1) is 17.4 Å². The molecule has 2 fully saturated rings. The molecule has 0 unspecified atom stereocenters. The third-order valence-electron chi connectivity index (χ3n) is 6.87. The Morgan fingerprint density at radius 3 is 2.48 bits per heavy atom. The zero-order chi connectivity index (χ0) is 21.8. The van der Waals surface area contributed by atoms with Crippen molar-refractivity contribution in [2.45, 2.75) is 70.4 Å². The van der Waals surface area contributed by atoms with Gasteiger partial charge in [-0.3, -0.25) is 9.69 Å². The fraction of sp³-hybridized carbons (Fsp3) is 0.696. The molecule has 2 aromatic heterocycles. The maximum Gasteiger partial charge on any atom is 0.261 e. The molecule has 3 heterocycles. The van der Waals surface area contributed by atoms with Crippen molar-refractivity contribution in [1.82, 2.24) is 20.2 Å². The second kappa shape index (κ2) is 9.79. The molecule has 2 aromatic rings. The van der Waals surface area contributed by atoms with E-state index in [1.165, 1.54) is 62.7 Å². The highest BCUT2D eigenvalue weighted by Gasteiger charge is 2.38. The van der Waals surface area contributed by atoms with Crippen molar-refractivity contribution in [3.8, 4) is 5.88 Å². The summed E-state index contributed by atoms with van der Waals surface area (Å²) in [5.74, 6) is 1.05. The van der Waals surface area contributed by atoms with E-state index < -0.39 is 0 Å². The van der Waals surface area contributed by atoms with Crippen molar-refractivity contribution < 1.29 is 14.3 Å². The van der Waals surface area contributed by atoms with Gasteiger partial charge in [-0.1, -0.05) is 25.7 Å². The summed E-state index contributed by atoms with van der Waals surface area (Å²) < 4.78 is 10.7. The summed E-state index contributed by atoms with van der Waals surface area (Å²) in [5.41, 5.74) is 0.996. The van der Waals surface area contributed by atoms with Crippen LogP contribution in [-0.4, -0.2) is 60.2 Å². The monoisotopic (exact) mass is 446 g/mol. The zero-order valence-corrected chi connectivity index (χ0v) is 19.8. The number of carbonyl (C=O) groups excluding carboxylic acids is 1. The lowest BCUT2D eigenvalue weighted by Crippen LogP contribution is -2.58. The molecular formula is C23H34N4O3S. The predicted octanol–water partition coefficient (Wildman–Crippen LogP) is 4.07. The Kier molecular flexibility index (Phi) is 7.08. The molecule has 0 spiro atoms. The Morgan fingerprint density at radius 1 is 1.10 bits per heavy atom. The van der Waals surface area contributed by atoms with Gasteiger partial charge in [-0.25, -0.2) is 4.98 Å². The minimum absolute atomic E-state index is 0.0159. The number of thiophene rings is 1. The molecule has 1 amide bonds. The van der Waals surface area contributed by atoms with Gasteiger partial charge < -0.3 is 14.8 Å². The Labute approximate surface area is 188 Å². The number of nitrogens with zero attached hydrogens (tertiary/aromatic N) is 3. The first-order chi connectivity index (χ1) is 15.1. The van der Waals surface area contributed by atoms with E-state index in [0.29, 0.717) is 23.2 Å². The van der Waals surface area contributed by atoms with Gasteiger partial charge in [0.25, 0.3) is 5.91 Å². The topological polar surface area (TPSA) is 76.6 Å². The third kappa shape index (κ3) is 4.56. The lowest BCUT2D eigenvalue weighted by Gasteiger charge is -2.48. The molecule has 7 nitrogen and oxygen atoms in total. The molecule has 2 aliphatic rings. The molecule has 1 saturated heterocycles. The van der Waals surface area contributed by atoms with Gasteiger partial charge in [0.1, 0.15) is 11.4 Å². The first-order valence-electron chi connectivity index (χ1n) is 11.4. The lowest BCUT2D eigenvalue weighted by molar-refractivity contribution is 0.0327. The number of carbonyl (C=O) groups is 1. The van der Waals surface area contributed by atoms with Crippen molar-refractivity contribution in [3.05, 3.63) is 16.3 Å². The van der Waals surface area contributed by atoms with E-state index in [9.17, 15) is 4.79 Å². The first-order valence-corrected chi connectivity index (χ1v) is 12.3. The van der Waals surface area contributed by atoms with E-state index in [0.717, 1.165) is 35.4 Å². The summed E-state index contributed by atoms with van der Waals surface area (Å²) in [4.78, 5) is 26.4. The Morgan fingerprint density at radius 2 is 1.81 bits per heavy atom. The molecule has 0 aromatic carbocycles. The van der Waals surface area contributed by atoms with Gasteiger partial charge >= 0.3 is 0 Å². The average molecular weight is 447 g/mol. The number of nitrogens with one attached hydrogen (secondary N) is 1. The van der Waals surface area contributed by atoms with Crippen molar-refractivity contribution in [3.63, 3.8) is 0 Å². The van der Waals surface area contributed by atoms with Crippen LogP contribution in [0.5, 0.6) is 5.88 Å². The van der Waals surface area contributed by atoms with Crippen LogP contribution in [0.4, 0.5) is 0 Å². The van der Waals surface area contributed by atoms with Crippen LogP contribution in [-0.2, 0) is 11.3 Å². The zero-order valence-electron chi connectivity index (χ0n) is 19.0.